The molecule has 2 fully saturated rings. The van der Waals surface area contributed by atoms with E-state index in [9.17, 15) is 9.59 Å². The van der Waals surface area contributed by atoms with Crippen molar-refractivity contribution >= 4 is 33.4 Å². The van der Waals surface area contributed by atoms with Crippen molar-refractivity contribution in [2.45, 2.75) is 25.8 Å². The fourth-order valence-corrected chi connectivity index (χ4v) is 3.02. The van der Waals surface area contributed by atoms with Crippen LogP contribution in [0.5, 0.6) is 0 Å². The zero-order chi connectivity index (χ0) is 14.3. The second-order valence-electron chi connectivity index (χ2n) is 5.45. The SMILES string of the molecule is CC1C(=O)N(c2cccc(Br)c2)CCN1C(=O)C1CC1. The lowest BCUT2D eigenvalue weighted by Gasteiger charge is -2.39. The average Bonchev–Trinajstić information content (AvgIpc) is 3.25. The number of anilines is 1. The monoisotopic (exact) mass is 336 g/mol. The summed E-state index contributed by atoms with van der Waals surface area (Å²) in [6.45, 7) is 3.01. The van der Waals surface area contributed by atoms with Crippen molar-refractivity contribution in [3.63, 3.8) is 0 Å². The number of hydrogen-bond acceptors (Lipinski definition) is 2. The lowest BCUT2D eigenvalue weighted by atomic mass is 10.1. The highest BCUT2D eigenvalue weighted by atomic mass is 79.9. The quantitative estimate of drug-likeness (QED) is 0.832. The number of carbonyl (C=O) groups is 2. The largest absolute Gasteiger partial charge is 0.329 e. The smallest absolute Gasteiger partial charge is 0.249 e. The highest BCUT2D eigenvalue weighted by Crippen LogP contribution is 2.33. The van der Waals surface area contributed by atoms with Gasteiger partial charge in [-0.2, -0.15) is 0 Å². The molecule has 20 heavy (non-hydrogen) atoms. The molecule has 0 N–H and O–H groups in total. The standard InChI is InChI=1S/C15H17BrN2O2/c1-10-14(19)18(13-4-2-3-12(16)9-13)8-7-17(10)15(20)11-5-6-11/h2-4,9-11H,5-8H2,1H3. The Kier molecular flexibility index (Phi) is 3.54. The molecule has 106 valence electrons. The van der Waals surface area contributed by atoms with Crippen LogP contribution in [0.15, 0.2) is 28.7 Å². The second-order valence-corrected chi connectivity index (χ2v) is 6.37. The molecule has 0 bridgehead atoms. The molecule has 1 aliphatic heterocycles. The fourth-order valence-electron chi connectivity index (χ4n) is 2.64. The van der Waals surface area contributed by atoms with E-state index in [0.717, 1.165) is 23.0 Å². The van der Waals surface area contributed by atoms with Gasteiger partial charge < -0.3 is 9.80 Å². The minimum atomic E-state index is -0.365. The van der Waals surface area contributed by atoms with Crippen molar-refractivity contribution in [3.8, 4) is 0 Å². The van der Waals surface area contributed by atoms with E-state index in [1.165, 1.54) is 0 Å². The Hall–Kier alpha value is -1.36. The van der Waals surface area contributed by atoms with Gasteiger partial charge in [0, 0.05) is 29.2 Å². The third-order valence-electron chi connectivity index (χ3n) is 3.98. The number of hydrogen-bond donors (Lipinski definition) is 0. The van der Waals surface area contributed by atoms with E-state index >= 15 is 0 Å². The molecule has 4 nitrogen and oxygen atoms in total. The Bertz CT molecular complexity index is 557. The maximum atomic E-state index is 12.5. The molecular weight excluding hydrogens is 320 g/mol. The van der Waals surface area contributed by atoms with E-state index in [2.05, 4.69) is 15.9 Å². The Morgan fingerprint density at radius 3 is 2.70 bits per heavy atom. The van der Waals surface area contributed by atoms with Crippen LogP contribution in [0.2, 0.25) is 0 Å². The number of nitrogens with zero attached hydrogens (tertiary/aromatic N) is 2. The van der Waals surface area contributed by atoms with Crippen LogP contribution in [0.4, 0.5) is 5.69 Å². The van der Waals surface area contributed by atoms with Crippen molar-refractivity contribution in [2.75, 3.05) is 18.0 Å². The third-order valence-corrected chi connectivity index (χ3v) is 4.48. The van der Waals surface area contributed by atoms with Crippen LogP contribution in [-0.4, -0.2) is 35.8 Å². The van der Waals surface area contributed by atoms with Crippen LogP contribution >= 0.6 is 15.9 Å². The zero-order valence-corrected chi connectivity index (χ0v) is 13.0. The predicted molar refractivity (Wildman–Crippen MR) is 80.4 cm³/mol. The normalized spacial score (nSPS) is 23.1. The van der Waals surface area contributed by atoms with Gasteiger partial charge in [-0.05, 0) is 38.0 Å². The lowest BCUT2D eigenvalue weighted by Crippen LogP contribution is -2.58. The van der Waals surface area contributed by atoms with Crippen LogP contribution < -0.4 is 4.90 Å². The van der Waals surface area contributed by atoms with E-state index in [0.29, 0.717) is 13.1 Å². The fraction of sp³-hybridized carbons (Fsp3) is 0.467. The number of amides is 2. The minimum absolute atomic E-state index is 0.00310. The van der Waals surface area contributed by atoms with E-state index in [1.54, 1.807) is 9.80 Å². The summed E-state index contributed by atoms with van der Waals surface area (Å²) in [6, 6.07) is 7.34. The third kappa shape index (κ3) is 2.46. The predicted octanol–water partition coefficient (Wildman–Crippen LogP) is 2.42. The van der Waals surface area contributed by atoms with Crippen molar-refractivity contribution in [2.24, 2.45) is 5.92 Å². The zero-order valence-electron chi connectivity index (χ0n) is 11.4. The van der Waals surface area contributed by atoms with E-state index in [1.807, 2.05) is 31.2 Å². The Morgan fingerprint density at radius 1 is 1.30 bits per heavy atom. The minimum Gasteiger partial charge on any atom is -0.329 e. The maximum Gasteiger partial charge on any atom is 0.249 e. The lowest BCUT2D eigenvalue weighted by molar-refractivity contribution is -0.141. The molecule has 1 heterocycles. The molecule has 1 aromatic carbocycles. The summed E-state index contributed by atoms with van der Waals surface area (Å²) in [5.41, 5.74) is 0.884. The molecule has 2 amide bonds. The summed E-state index contributed by atoms with van der Waals surface area (Å²) < 4.78 is 0.951. The van der Waals surface area contributed by atoms with Gasteiger partial charge in [-0.15, -0.1) is 0 Å². The summed E-state index contributed by atoms with van der Waals surface area (Å²) in [5.74, 6) is 0.325. The first-order valence-corrected chi connectivity index (χ1v) is 7.74. The van der Waals surface area contributed by atoms with Crippen LogP contribution in [-0.2, 0) is 9.59 Å². The number of piperazine rings is 1. The van der Waals surface area contributed by atoms with Crippen LogP contribution in [0.1, 0.15) is 19.8 Å². The molecule has 1 aliphatic carbocycles. The topological polar surface area (TPSA) is 40.6 Å². The molecule has 2 aliphatic rings. The number of rotatable bonds is 2. The van der Waals surface area contributed by atoms with Gasteiger partial charge in [-0.1, -0.05) is 22.0 Å². The first-order chi connectivity index (χ1) is 9.58. The molecule has 1 aromatic rings. The molecule has 1 saturated heterocycles. The van der Waals surface area contributed by atoms with Gasteiger partial charge >= 0.3 is 0 Å². The molecule has 0 aromatic heterocycles. The molecule has 0 radical (unpaired) electrons. The summed E-state index contributed by atoms with van der Waals surface area (Å²) in [4.78, 5) is 28.2. The molecular formula is C15H17BrN2O2. The van der Waals surface area contributed by atoms with E-state index in [4.69, 9.17) is 0 Å². The number of carbonyl (C=O) groups excluding carboxylic acids is 2. The molecule has 1 unspecified atom stereocenters. The Balaban J connectivity index is 1.78. The Labute approximate surface area is 126 Å². The van der Waals surface area contributed by atoms with Crippen LogP contribution in [0.25, 0.3) is 0 Å². The van der Waals surface area contributed by atoms with E-state index in [-0.39, 0.29) is 23.8 Å². The molecule has 5 heteroatoms. The van der Waals surface area contributed by atoms with Gasteiger partial charge in [0.2, 0.25) is 11.8 Å². The number of benzene rings is 1. The van der Waals surface area contributed by atoms with Gasteiger partial charge in [0.15, 0.2) is 0 Å². The van der Waals surface area contributed by atoms with Gasteiger partial charge in [-0.25, -0.2) is 0 Å². The first-order valence-electron chi connectivity index (χ1n) is 6.95. The summed E-state index contributed by atoms with van der Waals surface area (Å²) in [7, 11) is 0. The average molecular weight is 337 g/mol. The van der Waals surface area contributed by atoms with Crippen LogP contribution in [0, 0.1) is 5.92 Å². The van der Waals surface area contributed by atoms with Crippen molar-refractivity contribution in [1.82, 2.24) is 4.90 Å². The molecule has 0 spiro atoms. The van der Waals surface area contributed by atoms with Crippen molar-refractivity contribution < 1.29 is 9.59 Å². The summed E-state index contributed by atoms with van der Waals surface area (Å²) >= 11 is 3.42. The highest BCUT2D eigenvalue weighted by Gasteiger charge is 2.40. The van der Waals surface area contributed by atoms with Crippen LogP contribution in [0.3, 0.4) is 0 Å². The van der Waals surface area contributed by atoms with Gasteiger partial charge in [0.25, 0.3) is 0 Å². The number of halogens is 1. The Morgan fingerprint density at radius 2 is 2.05 bits per heavy atom. The van der Waals surface area contributed by atoms with Crippen molar-refractivity contribution in [3.05, 3.63) is 28.7 Å². The van der Waals surface area contributed by atoms with Gasteiger partial charge in [0.05, 0.1) is 0 Å². The summed E-state index contributed by atoms with van der Waals surface area (Å²) in [5, 5.41) is 0. The molecule has 1 atom stereocenters. The highest BCUT2D eigenvalue weighted by molar-refractivity contribution is 9.10. The van der Waals surface area contributed by atoms with E-state index < -0.39 is 0 Å². The molecule has 3 rings (SSSR count). The molecule has 1 saturated carbocycles. The first kappa shape index (κ1) is 13.6. The van der Waals surface area contributed by atoms with Crippen molar-refractivity contribution in [1.29, 1.82) is 0 Å². The van der Waals surface area contributed by atoms with Gasteiger partial charge in [-0.3, -0.25) is 9.59 Å². The van der Waals surface area contributed by atoms with Gasteiger partial charge in [0.1, 0.15) is 6.04 Å². The summed E-state index contributed by atoms with van der Waals surface area (Å²) in [6.07, 6.45) is 1.96. The maximum absolute atomic E-state index is 12.5. The second kappa shape index (κ2) is 5.20.